The fourth-order valence-corrected chi connectivity index (χ4v) is 3.67. The number of aryl methyl sites for hydroxylation is 1. The van der Waals surface area contributed by atoms with Crippen molar-refractivity contribution < 1.29 is 8.42 Å². The van der Waals surface area contributed by atoms with Gasteiger partial charge in [0.2, 0.25) is 0 Å². The summed E-state index contributed by atoms with van der Waals surface area (Å²) >= 11 is 0. The van der Waals surface area contributed by atoms with Crippen molar-refractivity contribution in [3.05, 3.63) is 34.2 Å². The molecule has 0 aliphatic heterocycles. The lowest BCUT2D eigenvalue weighted by Crippen LogP contribution is -2.41. The maximum Gasteiger partial charge on any atom is 0.276 e. The fourth-order valence-electron chi connectivity index (χ4n) is 2.32. The highest BCUT2D eigenvalue weighted by Crippen LogP contribution is 2.30. The second-order valence-corrected chi connectivity index (χ2v) is 9.20. The minimum atomic E-state index is -2.93. The largest absolute Gasteiger partial charge is 0.315 e. The van der Waals surface area contributed by atoms with E-state index in [1.807, 2.05) is 40.7 Å². The molecule has 1 aromatic heterocycles. The molecule has 0 aliphatic carbocycles. The van der Waals surface area contributed by atoms with E-state index in [1.165, 1.54) is 6.26 Å². The maximum absolute atomic E-state index is 12.2. The molecule has 2 unspecified atom stereocenters. The van der Waals surface area contributed by atoms with Crippen LogP contribution in [0.4, 0.5) is 0 Å². The Kier molecular flexibility index (Phi) is 5.42. The van der Waals surface area contributed by atoms with E-state index in [9.17, 15) is 13.2 Å². The smallest absolute Gasteiger partial charge is 0.276 e. The average Bonchev–Trinajstić information content (AvgIpc) is 2.34. The van der Waals surface area contributed by atoms with Gasteiger partial charge in [0, 0.05) is 18.8 Å². The minimum Gasteiger partial charge on any atom is -0.315 e. The molecule has 0 saturated heterocycles. The van der Waals surface area contributed by atoms with Crippen molar-refractivity contribution in [3.8, 4) is 0 Å². The predicted octanol–water partition coefficient (Wildman–Crippen LogP) is 2.98. The molecule has 21 heavy (non-hydrogen) atoms. The Morgan fingerprint density at radius 2 is 1.90 bits per heavy atom. The van der Waals surface area contributed by atoms with Crippen LogP contribution in [0.1, 0.15) is 52.5 Å². The van der Waals surface area contributed by atoms with Gasteiger partial charge in [0.25, 0.3) is 15.4 Å². The Morgan fingerprint density at radius 1 is 1.33 bits per heavy atom. The predicted molar refractivity (Wildman–Crippen MR) is 88.7 cm³/mol. The third kappa shape index (κ3) is 3.96. The van der Waals surface area contributed by atoms with Gasteiger partial charge in [-0.3, -0.25) is 4.79 Å². The van der Waals surface area contributed by atoms with Crippen molar-refractivity contribution >= 4 is 9.84 Å². The van der Waals surface area contributed by atoms with Crippen molar-refractivity contribution in [3.63, 3.8) is 0 Å². The first-order valence-corrected chi connectivity index (χ1v) is 9.33. The summed E-state index contributed by atoms with van der Waals surface area (Å²) in [6.45, 7) is 10.3. The van der Waals surface area contributed by atoms with Gasteiger partial charge in [-0.15, -0.1) is 0 Å². The molecule has 0 fully saturated rings. The van der Waals surface area contributed by atoms with Gasteiger partial charge in [0.1, 0.15) is 4.75 Å². The summed E-state index contributed by atoms with van der Waals surface area (Å²) in [4.78, 5) is 12.1. The molecule has 4 nitrogen and oxygen atoms in total. The van der Waals surface area contributed by atoms with E-state index >= 15 is 0 Å². The lowest BCUT2D eigenvalue weighted by atomic mass is 9.93. The zero-order valence-corrected chi connectivity index (χ0v) is 14.7. The minimum absolute atomic E-state index is 0.0483. The first-order valence-electron chi connectivity index (χ1n) is 7.40. The van der Waals surface area contributed by atoms with Crippen LogP contribution >= 0.6 is 0 Å². The highest BCUT2D eigenvalue weighted by molar-refractivity contribution is 7.92. The number of hydrogen-bond donors (Lipinski definition) is 0. The molecule has 120 valence electrons. The monoisotopic (exact) mass is 314 g/mol. The van der Waals surface area contributed by atoms with E-state index in [1.54, 1.807) is 16.8 Å². The third-order valence-electron chi connectivity index (χ3n) is 4.62. The molecule has 2 atom stereocenters. The second-order valence-electron chi connectivity index (χ2n) is 6.67. The molecule has 0 amide bonds. The summed E-state index contributed by atoms with van der Waals surface area (Å²) in [5, 5.41) is 0. The van der Waals surface area contributed by atoms with E-state index in [0.29, 0.717) is 18.9 Å². The Morgan fingerprint density at radius 3 is 2.29 bits per heavy atom. The molecule has 1 rings (SSSR count). The Labute approximate surface area is 128 Å². The van der Waals surface area contributed by atoms with E-state index in [-0.39, 0.29) is 11.5 Å². The number of pyridine rings is 1. The normalized spacial score (nSPS) is 17.7. The molecule has 5 heteroatoms. The van der Waals surface area contributed by atoms with Crippen LogP contribution in [-0.2, 0) is 16.4 Å². The molecule has 1 heterocycles. The Hall–Kier alpha value is -1.10. The van der Waals surface area contributed by atoms with Crippen molar-refractivity contribution in [2.45, 2.75) is 58.2 Å². The van der Waals surface area contributed by atoms with Crippen molar-refractivity contribution in [1.29, 1.82) is 0 Å². The number of hydrogen-bond acceptors (Lipinski definition) is 2. The lowest BCUT2D eigenvalue weighted by Gasteiger charge is -2.28. The number of nitrogens with zero attached hydrogens (tertiary/aromatic N) is 1. The van der Waals surface area contributed by atoms with Gasteiger partial charge in [0.15, 0.2) is 0 Å². The standard InChI is InChI=1S/C16H27NO3S/c1-12(2)14-7-9-17(15(18)11-14)10-8-16(5,13(3)4)21(6,19)20/h7,9,11-13H,8,10H2,1-6H3/p+1. The van der Waals surface area contributed by atoms with E-state index in [2.05, 4.69) is 0 Å². The summed E-state index contributed by atoms with van der Waals surface area (Å²) < 4.78 is 23.1. The zero-order valence-electron chi connectivity index (χ0n) is 13.9. The van der Waals surface area contributed by atoms with Crippen LogP contribution in [0.3, 0.4) is 0 Å². The third-order valence-corrected chi connectivity index (χ3v) is 7.03. The second kappa shape index (κ2) is 6.34. The van der Waals surface area contributed by atoms with Crippen molar-refractivity contribution in [2.75, 3.05) is 6.26 Å². The molecular weight excluding hydrogens is 286 g/mol. The highest BCUT2D eigenvalue weighted by atomic mass is 32.2. The van der Waals surface area contributed by atoms with E-state index < -0.39 is 14.6 Å². The number of aromatic nitrogens is 1. The van der Waals surface area contributed by atoms with Crippen LogP contribution in [-0.4, -0.2) is 24.0 Å². The summed E-state index contributed by atoms with van der Waals surface area (Å²) in [5.41, 5.74) is 0.970. The first kappa shape index (κ1) is 18.0. The van der Waals surface area contributed by atoms with Gasteiger partial charge < -0.3 is 4.57 Å². The van der Waals surface area contributed by atoms with Crippen LogP contribution in [0.5, 0.6) is 0 Å². The summed E-state index contributed by atoms with van der Waals surface area (Å²) in [6, 6.07) is 3.60. The molecule has 0 radical (unpaired) electrons. The molecule has 0 bridgehead atoms. The van der Waals surface area contributed by atoms with E-state index in [4.69, 9.17) is 0 Å². The first-order chi connectivity index (χ1) is 9.49. The van der Waals surface area contributed by atoms with Gasteiger partial charge in [0.05, 0.1) is 6.26 Å². The van der Waals surface area contributed by atoms with Gasteiger partial charge >= 0.3 is 0 Å². The van der Waals surface area contributed by atoms with Crippen LogP contribution in [0.25, 0.3) is 0 Å². The molecule has 1 N–H and O–H groups in total. The average molecular weight is 314 g/mol. The molecule has 0 spiro atoms. The SMILES string of the molecule is CC(C)c1ccn(CCC(C)(C(C)C)S(C)(=O)=[OH+])c(=O)c1. The Bertz CT molecular complexity index is 644. The fraction of sp³-hybridized carbons (Fsp3) is 0.688. The van der Waals surface area contributed by atoms with Gasteiger partial charge in [-0.05, 0) is 36.8 Å². The number of rotatable bonds is 6. The van der Waals surface area contributed by atoms with Gasteiger partial charge in [-0.25, -0.2) is 4.21 Å². The topological polar surface area (TPSA) is 60.5 Å². The Balaban J connectivity index is 3.00. The van der Waals surface area contributed by atoms with E-state index in [0.717, 1.165) is 5.56 Å². The molecular formula is C16H28NO3S+. The van der Waals surface area contributed by atoms with Crippen LogP contribution < -0.4 is 5.56 Å². The molecule has 0 aromatic carbocycles. The quantitative estimate of drug-likeness (QED) is 0.758. The van der Waals surface area contributed by atoms with Gasteiger partial charge in [-0.2, -0.15) is 4.21 Å². The van der Waals surface area contributed by atoms with Gasteiger partial charge in [-0.1, -0.05) is 27.7 Å². The van der Waals surface area contributed by atoms with Crippen molar-refractivity contribution in [1.82, 2.24) is 4.57 Å². The summed E-state index contributed by atoms with van der Waals surface area (Å²) in [5.74, 6) is 0.380. The van der Waals surface area contributed by atoms with Crippen molar-refractivity contribution in [2.24, 2.45) is 5.92 Å². The van der Waals surface area contributed by atoms with Crippen LogP contribution in [0.15, 0.2) is 23.1 Å². The zero-order chi connectivity index (χ0) is 16.4. The molecule has 0 aliphatic rings. The van der Waals surface area contributed by atoms with Crippen LogP contribution in [0.2, 0.25) is 0 Å². The lowest BCUT2D eigenvalue weighted by molar-refractivity contribution is 0.384. The molecule has 0 saturated carbocycles. The summed E-state index contributed by atoms with van der Waals surface area (Å²) in [6.07, 6.45) is 3.67. The summed E-state index contributed by atoms with van der Waals surface area (Å²) in [7, 11) is -2.93. The highest BCUT2D eigenvalue weighted by Gasteiger charge is 2.42. The maximum atomic E-state index is 12.2. The van der Waals surface area contributed by atoms with Crippen LogP contribution in [0, 0.1) is 5.92 Å². The molecule has 1 aromatic rings.